The number of rotatable bonds is 6. The molecule has 0 saturated carbocycles. The zero-order chi connectivity index (χ0) is 23.8. The molecule has 0 fully saturated rings. The number of pyridine rings is 1. The largest absolute Gasteiger partial charge is 0.495 e. The fourth-order valence-corrected chi connectivity index (χ4v) is 4.01. The van der Waals surface area contributed by atoms with Crippen molar-refractivity contribution in [3.63, 3.8) is 0 Å². The quantitative estimate of drug-likeness (QED) is 0.372. The van der Waals surface area contributed by atoms with Crippen molar-refractivity contribution < 1.29 is 9.47 Å². The molecule has 0 spiro atoms. The standard InChI is InChI=1S/C24H22ClN7O2/c1-14-27-13-32(30-14)18-8-6-16(12-21(18)34-4)28-23-22-19(9-10-26-23)31(2)24(29-22)15-5-7-17(25)20(11-15)33-3/h5-13H,1-4H3,(H,26,28). The highest BCUT2D eigenvalue weighted by Crippen LogP contribution is 2.34. The number of aryl methyl sites for hydroxylation is 2. The minimum Gasteiger partial charge on any atom is -0.495 e. The van der Waals surface area contributed by atoms with Crippen molar-refractivity contribution in [2.24, 2.45) is 7.05 Å². The number of ether oxygens (including phenoxy) is 2. The Kier molecular flexibility index (Phi) is 5.54. The highest BCUT2D eigenvalue weighted by Gasteiger charge is 2.16. The van der Waals surface area contributed by atoms with Crippen LogP contribution in [0.15, 0.2) is 55.0 Å². The summed E-state index contributed by atoms with van der Waals surface area (Å²) in [5, 5.41) is 8.29. The summed E-state index contributed by atoms with van der Waals surface area (Å²) in [6.45, 7) is 1.84. The van der Waals surface area contributed by atoms with Gasteiger partial charge in [-0.1, -0.05) is 11.6 Å². The molecule has 172 valence electrons. The number of imidazole rings is 1. The number of anilines is 2. The molecule has 5 aromatic rings. The van der Waals surface area contributed by atoms with Crippen LogP contribution in [-0.2, 0) is 7.05 Å². The fraction of sp³-hybridized carbons (Fsp3) is 0.167. The van der Waals surface area contributed by atoms with Crippen LogP contribution in [0.5, 0.6) is 11.5 Å². The summed E-state index contributed by atoms with van der Waals surface area (Å²) >= 11 is 6.20. The summed E-state index contributed by atoms with van der Waals surface area (Å²) in [7, 11) is 5.18. The van der Waals surface area contributed by atoms with Gasteiger partial charge in [-0.25, -0.2) is 19.6 Å². The number of halogens is 1. The van der Waals surface area contributed by atoms with Crippen molar-refractivity contribution in [2.75, 3.05) is 19.5 Å². The van der Waals surface area contributed by atoms with E-state index in [0.717, 1.165) is 33.8 Å². The van der Waals surface area contributed by atoms with Gasteiger partial charge in [0.25, 0.3) is 0 Å². The van der Waals surface area contributed by atoms with Gasteiger partial charge in [0.05, 0.1) is 24.8 Å². The third kappa shape index (κ3) is 3.80. The van der Waals surface area contributed by atoms with Gasteiger partial charge in [-0.3, -0.25) is 0 Å². The lowest BCUT2D eigenvalue weighted by Crippen LogP contribution is -2.01. The number of nitrogens with zero attached hydrogens (tertiary/aromatic N) is 6. The lowest BCUT2D eigenvalue weighted by molar-refractivity contribution is 0.412. The maximum absolute atomic E-state index is 6.20. The van der Waals surface area contributed by atoms with Crippen molar-refractivity contribution >= 4 is 34.1 Å². The minimum atomic E-state index is 0.549. The lowest BCUT2D eigenvalue weighted by atomic mass is 10.2. The Bertz CT molecular complexity index is 1510. The molecule has 1 N–H and O–H groups in total. The summed E-state index contributed by atoms with van der Waals surface area (Å²) in [6, 6.07) is 13.3. The SMILES string of the molecule is COc1cc(-c2nc3c(Nc4ccc(-n5cnc(C)n5)c(OC)c4)nccc3n2C)ccc1Cl. The molecule has 0 unspecified atom stereocenters. The van der Waals surface area contributed by atoms with Crippen LogP contribution in [-0.4, -0.2) is 43.5 Å². The molecule has 0 aliphatic rings. The minimum absolute atomic E-state index is 0.549. The maximum atomic E-state index is 6.20. The highest BCUT2D eigenvalue weighted by atomic mass is 35.5. The molecule has 34 heavy (non-hydrogen) atoms. The second kappa shape index (κ2) is 8.68. The first-order chi connectivity index (χ1) is 16.5. The number of benzene rings is 2. The van der Waals surface area contributed by atoms with Crippen molar-refractivity contribution in [1.29, 1.82) is 0 Å². The molecule has 2 aromatic carbocycles. The average Bonchev–Trinajstić information content (AvgIpc) is 3.43. The topological polar surface area (TPSA) is 91.9 Å². The second-order valence-corrected chi connectivity index (χ2v) is 8.03. The van der Waals surface area contributed by atoms with Crippen LogP contribution in [0.2, 0.25) is 5.02 Å². The first-order valence-corrected chi connectivity index (χ1v) is 10.9. The Morgan fingerprint density at radius 3 is 2.53 bits per heavy atom. The van der Waals surface area contributed by atoms with Crippen LogP contribution >= 0.6 is 11.6 Å². The van der Waals surface area contributed by atoms with Crippen molar-refractivity contribution in [1.82, 2.24) is 29.3 Å². The number of hydrogen-bond acceptors (Lipinski definition) is 7. The molecule has 10 heteroatoms. The van der Waals surface area contributed by atoms with E-state index in [-0.39, 0.29) is 0 Å². The molecule has 5 rings (SSSR count). The first-order valence-electron chi connectivity index (χ1n) is 10.5. The Morgan fingerprint density at radius 2 is 1.79 bits per heavy atom. The normalized spacial score (nSPS) is 11.1. The van der Waals surface area contributed by atoms with E-state index in [1.54, 1.807) is 37.5 Å². The third-order valence-corrected chi connectivity index (χ3v) is 5.82. The van der Waals surface area contributed by atoms with Crippen molar-refractivity contribution in [3.05, 3.63) is 65.8 Å². The van der Waals surface area contributed by atoms with E-state index in [2.05, 4.69) is 20.4 Å². The fourth-order valence-electron chi connectivity index (χ4n) is 3.81. The summed E-state index contributed by atoms with van der Waals surface area (Å²) in [6.07, 6.45) is 3.41. The molecule has 0 bridgehead atoms. The summed E-state index contributed by atoms with van der Waals surface area (Å²) in [5.41, 5.74) is 4.15. The van der Waals surface area contributed by atoms with Crippen LogP contribution in [0.1, 0.15) is 5.82 Å². The number of methoxy groups -OCH3 is 2. The van der Waals surface area contributed by atoms with E-state index < -0.39 is 0 Å². The Morgan fingerprint density at radius 1 is 0.971 bits per heavy atom. The van der Waals surface area contributed by atoms with Crippen LogP contribution in [0, 0.1) is 6.92 Å². The smallest absolute Gasteiger partial charge is 0.158 e. The van der Waals surface area contributed by atoms with Crippen LogP contribution in [0.25, 0.3) is 28.1 Å². The Balaban J connectivity index is 1.53. The number of fused-ring (bicyclic) bond motifs is 1. The van der Waals surface area contributed by atoms with E-state index >= 15 is 0 Å². The van der Waals surface area contributed by atoms with Gasteiger partial charge in [0.15, 0.2) is 5.82 Å². The molecule has 0 saturated heterocycles. The molecule has 3 heterocycles. The molecule has 0 aliphatic heterocycles. The van der Waals surface area contributed by atoms with E-state index in [1.807, 2.05) is 54.9 Å². The van der Waals surface area contributed by atoms with Gasteiger partial charge in [-0.15, -0.1) is 0 Å². The van der Waals surface area contributed by atoms with Crippen molar-refractivity contribution in [3.8, 4) is 28.6 Å². The van der Waals surface area contributed by atoms with Crippen molar-refractivity contribution in [2.45, 2.75) is 6.92 Å². The number of aromatic nitrogens is 6. The van der Waals surface area contributed by atoms with E-state index in [1.165, 1.54) is 0 Å². The van der Waals surface area contributed by atoms with Gasteiger partial charge in [0.1, 0.15) is 40.7 Å². The molecule has 9 nitrogen and oxygen atoms in total. The zero-order valence-corrected chi connectivity index (χ0v) is 19.8. The molecular weight excluding hydrogens is 454 g/mol. The predicted octanol–water partition coefficient (Wildman–Crippen LogP) is 4.94. The second-order valence-electron chi connectivity index (χ2n) is 7.62. The summed E-state index contributed by atoms with van der Waals surface area (Å²) in [5.74, 6) is 3.33. The molecule has 3 aromatic heterocycles. The Hall–Kier alpha value is -4.11. The van der Waals surface area contributed by atoms with Crippen LogP contribution in [0.3, 0.4) is 0 Å². The van der Waals surface area contributed by atoms with E-state index in [4.69, 9.17) is 26.1 Å². The third-order valence-electron chi connectivity index (χ3n) is 5.50. The zero-order valence-electron chi connectivity index (χ0n) is 19.1. The number of nitrogens with one attached hydrogen (secondary N) is 1. The first kappa shape index (κ1) is 21.7. The summed E-state index contributed by atoms with van der Waals surface area (Å²) < 4.78 is 14.7. The van der Waals surface area contributed by atoms with Gasteiger partial charge in [-0.05, 0) is 43.3 Å². The van der Waals surface area contributed by atoms with E-state index in [0.29, 0.717) is 28.2 Å². The van der Waals surface area contributed by atoms with Crippen LogP contribution in [0.4, 0.5) is 11.5 Å². The van der Waals surface area contributed by atoms with E-state index in [9.17, 15) is 0 Å². The monoisotopic (exact) mass is 475 g/mol. The predicted molar refractivity (Wildman–Crippen MR) is 131 cm³/mol. The molecule has 0 radical (unpaired) electrons. The average molecular weight is 476 g/mol. The molecule has 0 atom stereocenters. The van der Waals surface area contributed by atoms with Gasteiger partial charge in [0.2, 0.25) is 0 Å². The van der Waals surface area contributed by atoms with Gasteiger partial charge < -0.3 is 19.4 Å². The highest BCUT2D eigenvalue weighted by molar-refractivity contribution is 6.32. The number of hydrogen-bond donors (Lipinski definition) is 1. The lowest BCUT2D eigenvalue weighted by Gasteiger charge is -2.12. The van der Waals surface area contributed by atoms with Crippen LogP contribution < -0.4 is 14.8 Å². The molecule has 0 aliphatic carbocycles. The molecule has 0 amide bonds. The summed E-state index contributed by atoms with van der Waals surface area (Å²) in [4.78, 5) is 13.6. The van der Waals surface area contributed by atoms with Gasteiger partial charge in [0, 0.05) is 30.6 Å². The molecular formula is C24H22ClN7O2. The Labute approximate surface area is 201 Å². The maximum Gasteiger partial charge on any atom is 0.158 e. The van der Waals surface area contributed by atoms with Gasteiger partial charge in [-0.2, -0.15) is 5.10 Å². The van der Waals surface area contributed by atoms with Gasteiger partial charge >= 0.3 is 0 Å².